The van der Waals surface area contributed by atoms with Crippen LogP contribution >= 0.6 is 11.8 Å². The van der Waals surface area contributed by atoms with Gasteiger partial charge in [0.2, 0.25) is 11.8 Å². The number of nitrogens with two attached hydrogens (primary N) is 1. The lowest BCUT2D eigenvalue weighted by Gasteiger charge is -2.29. The maximum absolute atomic E-state index is 12.9. The summed E-state index contributed by atoms with van der Waals surface area (Å²) in [6, 6.07) is 0. The molecule has 0 saturated heterocycles. The number of aliphatic hydroxyl groups excluding tert-OH is 1. The quantitative estimate of drug-likeness (QED) is 0.230. The average molecular weight is 523 g/mol. The third-order valence-corrected chi connectivity index (χ3v) is 6.15. The number of hydrogen-bond acceptors (Lipinski definition) is 6. The predicted molar refractivity (Wildman–Crippen MR) is 121 cm³/mol. The van der Waals surface area contributed by atoms with E-state index in [2.05, 4.69) is 4.84 Å². The predicted octanol–water partition coefficient (Wildman–Crippen LogP) is 4.49. The van der Waals surface area contributed by atoms with Crippen molar-refractivity contribution in [3.8, 4) is 0 Å². The molecule has 5 N–H and O–H groups in total. The molecule has 0 heterocycles. The number of ether oxygens (including phenoxy) is 1. The summed E-state index contributed by atoms with van der Waals surface area (Å²) in [6.45, 7) is 6.33. The number of carbonyl (C=O) groups excluding carboxylic acids is 1. The number of rotatable bonds is 6. The van der Waals surface area contributed by atoms with Gasteiger partial charge in [-0.15, -0.1) is 0 Å². The van der Waals surface area contributed by atoms with Gasteiger partial charge in [0, 0.05) is 32.3 Å². The maximum atomic E-state index is 12.9. The molecule has 0 bridgehead atoms. The molecule has 2 aliphatic carbocycles. The van der Waals surface area contributed by atoms with E-state index in [4.69, 9.17) is 32.5 Å². The van der Waals surface area contributed by atoms with Gasteiger partial charge < -0.3 is 20.7 Å². The van der Waals surface area contributed by atoms with Crippen molar-refractivity contribution in [3.63, 3.8) is 0 Å². The van der Waals surface area contributed by atoms with Gasteiger partial charge in [-0.25, -0.2) is 22.4 Å². The van der Waals surface area contributed by atoms with Gasteiger partial charge in [0.05, 0.1) is 6.61 Å². The Balaban J connectivity index is 0.000000541. The number of esters is 1. The second-order valence-corrected chi connectivity index (χ2v) is 10.3. The van der Waals surface area contributed by atoms with E-state index in [0.717, 1.165) is 0 Å². The van der Waals surface area contributed by atoms with Crippen LogP contribution < -0.4 is 10.6 Å². The van der Waals surface area contributed by atoms with E-state index < -0.39 is 34.9 Å². The van der Waals surface area contributed by atoms with E-state index >= 15 is 0 Å². The molecule has 2 saturated carbocycles. The molecule has 0 aromatic carbocycles. The molecule has 2 aliphatic rings. The number of hydrogen-bond donors (Lipinski definition) is 4. The highest BCUT2D eigenvalue weighted by molar-refractivity contribution is 6.15. The Morgan fingerprint density at radius 1 is 0.971 bits per heavy atom. The number of aliphatic hydroxyl groups is 1. The second-order valence-electron chi connectivity index (χ2n) is 10.1. The molecule has 0 aliphatic heterocycles. The summed E-state index contributed by atoms with van der Waals surface area (Å²) in [4.78, 5) is 23.8. The zero-order valence-electron chi connectivity index (χ0n) is 20.3. The number of alkyl halides is 4. The highest BCUT2D eigenvalue weighted by Gasteiger charge is 2.36. The SMILES string of the molecule is CC(C)(N)C(=O)O.CC(C)(NCl)C(=O)OCC1CCC(F)(F)CC1.OCC1CCC(F)(F)CC1. The summed E-state index contributed by atoms with van der Waals surface area (Å²) in [5.74, 6) is -6.29. The molecular formula is C22H39ClF4N2O5. The molecule has 202 valence electrons. The Kier molecular flexibility index (Phi) is 13.3. The van der Waals surface area contributed by atoms with Crippen LogP contribution in [0.3, 0.4) is 0 Å². The van der Waals surface area contributed by atoms with Gasteiger partial charge in [0.25, 0.3) is 0 Å². The molecule has 0 amide bonds. The van der Waals surface area contributed by atoms with E-state index in [1.807, 2.05) is 0 Å². The molecule has 2 fully saturated rings. The first-order valence-electron chi connectivity index (χ1n) is 11.3. The van der Waals surface area contributed by atoms with Gasteiger partial charge in [0.1, 0.15) is 11.1 Å². The zero-order valence-corrected chi connectivity index (χ0v) is 21.1. The fourth-order valence-corrected chi connectivity index (χ4v) is 3.04. The van der Waals surface area contributed by atoms with Gasteiger partial charge >= 0.3 is 11.9 Å². The number of halogens is 5. The Bertz CT molecular complexity index is 625. The van der Waals surface area contributed by atoms with Crippen molar-refractivity contribution < 1.29 is 42.1 Å². The topological polar surface area (TPSA) is 122 Å². The molecule has 0 unspecified atom stereocenters. The average Bonchev–Trinajstić information content (AvgIpc) is 2.73. The highest BCUT2D eigenvalue weighted by atomic mass is 35.5. The molecule has 34 heavy (non-hydrogen) atoms. The third-order valence-electron chi connectivity index (χ3n) is 5.68. The minimum atomic E-state index is -2.54. The normalized spacial score (nSPS) is 20.8. The smallest absolute Gasteiger partial charge is 0.326 e. The third kappa shape index (κ3) is 13.7. The van der Waals surface area contributed by atoms with E-state index in [-0.39, 0.29) is 50.7 Å². The van der Waals surface area contributed by atoms with E-state index in [9.17, 15) is 27.2 Å². The van der Waals surface area contributed by atoms with Crippen LogP contribution in [-0.2, 0) is 14.3 Å². The van der Waals surface area contributed by atoms with Crippen LogP contribution in [0.25, 0.3) is 0 Å². The fraction of sp³-hybridized carbons (Fsp3) is 0.909. The summed E-state index contributed by atoms with van der Waals surface area (Å²) < 4.78 is 55.7. The number of carboxylic acid groups (broad SMARTS) is 1. The minimum absolute atomic E-state index is 0.0321. The van der Waals surface area contributed by atoms with E-state index in [1.54, 1.807) is 13.8 Å². The van der Waals surface area contributed by atoms with Crippen LogP contribution in [0, 0.1) is 11.8 Å². The van der Waals surface area contributed by atoms with Gasteiger partial charge in [0.15, 0.2) is 0 Å². The minimum Gasteiger partial charge on any atom is -0.480 e. The van der Waals surface area contributed by atoms with Crippen LogP contribution in [-0.4, -0.2) is 58.3 Å². The van der Waals surface area contributed by atoms with Crippen molar-refractivity contribution in [2.75, 3.05) is 13.2 Å². The lowest BCUT2D eigenvalue weighted by atomic mass is 9.87. The summed E-state index contributed by atoms with van der Waals surface area (Å²) >= 11 is 5.40. The number of carboxylic acids is 1. The molecule has 2 rings (SSSR count). The van der Waals surface area contributed by atoms with Crippen LogP contribution in [0.5, 0.6) is 0 Å². The van der Waals surface area contributed by atoms with Crippen molar-refractivity contribution in [2.45, 2.75) is 102 Å². The number of aliphatic carboxylic acids is 1. The van der Waals surface area contributed by atoms with E-state index in [1.165, 1.54) is 13.8 Å². The largest absolute Gasteiger partial charge is 0.480 e. The first kappa shape index (κ1) is 32.8. The molecule has 0 aromatic rings. The van der Waals surface area contributed by atoms with Gasteiger partial charge in [-0.3, -0.25) is 9.59 Å². The standard InChI is InChI=1S/C11H18ClF2NO2.C7H12F2O.C4H9NO2/c1-10(2,15-12)9(16)17-7-8-3-5-11(13,14)6-4-8;8-7(9)3-1-6(5-10)2-4-7;1-4(2,5)3(6)7/h8,15H,3-7H2,1-2H3;6,10H,1-5H2;5H2,1-2H3,(H,6,7). The summed E-state index contributed by atoms with van der Waals surface area (Å²) in [5.41, 5.74) is 3.04. The van der Waals surface area contributed by atoms with Crippen LogP contribution in [0.2, 0.25) is 0 Å². The Morgan fingerprint density at radius 2 is 1.32 bits per heavy atom. The number of carbonyl (C=O) groups is 2. The molecule has 0 aromatic heterocycles. The molecular weight excluding hydrogens is 484 g/mol. The molecule has 7 nitrogen and oxygen atoms in total. The molecule has 12 heteroatoms. The van der Waals surface area contributed by atoms with E-state index in [0.29, 0.717) is 25.7 Å². The molecule has 0 atom stereocenters. The lowest BCUT2D eigenvalue weighted by molar-refractivity contribution is -0.152. The lowest BCUT2D eigenvalue weighted by Crippen LogP contribution is -2.43. The zero-order chi connectivity index (χ0) is 26.8. The highest BCUT2D eigenvalue weighted by Crippen LogP contribution is 2.36. The Morgan fingerprint density at radius 3 is 1.62 bits per heavy atom. The first-order valence-corrected chi connectivity index (χ1v) is 11.7. The van der Waals surface area contributed by atoms with Crippen LogP contribution in [0.4, 0.5) is 17.6 Å². The number of nitrogens with one attached hydrogen (secondary N) is 1. The van der Waals surface area contributed by atoms with Crippen LogP contribution in [0.15, 0.2) is 0 Å². The van der Waals surface area contributed by atoms with Crippen molar-refractivity contribution in [1.82, 2.24) is 4.84 Å². The fourth-order valence-electron chi connectivity index (χ4n) is 2.96. The van der Waals surface area contributed by atoms with Gasteiger partial charge in [-0.05, 0) is 77.0 Å². The monoisotopic (exact) mass is 522 g/mol. The second kappa shape index (κ2) is 13.8. The van der Waals surface area contributed by atoms with Gasteiger partial charge in [-0.2, -0.15) is 0 Å². The summed E-state index contributed by atoms with van der Waals surface area (Å²) in [7, 11) is 0. The van der Waals surface area contributed by atoms with Gasteiger partial charge in [-0.1, -0.05) is 0 Å². The van der Waals surface area contributed by atoms with Crippen molar-refractivity contribution >= 4 is 23.7 Å². The van der Waals surface area contributed by atoms with Crippen LogP contribution in [0.1, 0.15) is 79.1 Å². The van der Waals surface area contributed by atoms with Crippen molar-refractivity contribution in [2.24, 2.45) is 17.6 Å². The van der Waals surface area contributed by atoms with Crippen molar-refractivity contribution in [1.29, 1.82) is 0 Å². The van der Waals surface area contributed by atoms with Crippen molar-refractivity contribution in [3.05, 3.63) is 0 Å². The Hall–Kier alpha value is -1.17. The maximum Gasteiger partial charge on any atom is 0.326 e. The summed E-state index contributed by atoms with van der Waals surface area (Å²) in [5, 5.41) is 16.7. The Labute approximate surface area is 203 Å². The molecule has 0 radical (unpaired) electrons. The summed E-state index contributed by atoms with van der Waals surface area (Å²) in [6.07, 6.45) is 1.42. The first-order chi connectivity index (χ1) is 15.3. The molecule has 0 spiro atoms.